The molecule has 3 aromatic rings. The monoisotopic (exact) mass is 420 g/mol. The molecule has 0 amide bonds. The predicted molar refractivity (Wildman–Crippen MR) is 88.3 cm³/mol. The Kier molecular flexibility index (Phi) is 3.88. The van der Waals surface area contributed by atoms with Gasteiger partial charge in [0.15, 0.2) is 0 Å². The van der Waals surface area contributed by atoms with E-state index >= 15 is 0 Å². The highest BCUT2D eigenvalue weighted by atomic mass is 127. The number of imidazole rings is 1. The van der Waals surface area contributed by atoms with E-state index in [2.05, 4.69) is 27.6 Å². The third kappa shape index (κ3) is 2.29. The molecule has 0 fully saturated rings. The Bertz CT molecular complexity index is 801. The van der Waals surface area contributed by atoms with Gasteiger partial charge in [-0.25, -0.2) is 9.37 Å². The number of para-hydroxylation sites is 1. The minimum Gasteiger partial charge on any atom is -0.294 e. The van der Waals surface area contributed by atoms with Gasteiger partial charge in [0.1, 0.15) is 11.6 Å². The zero-order chi connectivity index (χ0) is 14.3. The first-order chi connectivity index (χ1) is 9.61. The summed E-state index contributed by atoms with van der Waals surface area (Å²) in [4.78, 5) is 4.38. The molecule has 0 saturated carbocycles. The molecular weight excluding hydrogens is 413 g/mol. The van der Waals surface area contributed by atoms with Gasteiger partial charge in [0.05, 0.1) is 27.6 Å². The van der Waals surface area contributed by atoms with Gasteiger partial charge in [-0.05, 0) is 40.8 Å². The first kappa shape index (κ1) is 14.1. The van der Waals surface area contributed by atoms with Crippen molar-refractivity contribution in [2.24, 2.45) is 0 Å². The van der Waals surface area contributed by atoms with Crippen molar-refractivity contribution in [3.63, 3.8) is 0 Å². The molecule has 6 heteroatoms. The van der Waals surface area contributed by atoms with Crippen molar-refractivity contribution in [3.05, 3.63) is 56.6 Å². The van der Waals surface area contributed by atoms with Crippen molar-refractivity contribution in [2.75, 3.05) is 0 Å². The molecule has 1 aromatic heterocycles. The van der Waals surface area contributed by atoms with E-state index in [-0.39, 0.29) is 10.9 Å². The summed E-state index contributed by atoms with van der Waals surface area (Å²) in [6, 6.07) is 10.8. The van der Waals surface area contributed by atoms with Crippen molar-refractivity contribution in [2.45, 2.75) is 5.88 Å². The van der Waals surface area contributed by atoms with E-state index in [9.17, 15) is 4.39 Å². The average Bonchev–Trinajstić information content (AvgIpc) is 2.77. The van der Waals surface area contributed by atoms with Crippen LogP contribution in [-0.4, -0.2) is 9.55 Å². The highest BCUT2D eigenvalue weighted by Crippen LogP contribution is 2.29. The van der Waals surface area contributed by atoms with Gasteiger partial charge in [-0.15, -0.1) is 11.6 Å². The van der Waals surface area contributed by atoms with Gasteiger partial charge in [0, 0.05) is 9.64 Å². The zero-order valence-corrected chi connectivity index (χ0v) is 13.7. The molecule has 0 spiro atoms. The van der Waals surface area contributed by atoms with Crippen LogP contribution in [0.1, 0.15) is 5.82 Å². The molecule has 102 valence electrons. The van der Waals surface area contributed by atoms with Crippen molar-refractivity contribution < 1.29 is 4.39 Å². The van der Waals surface area contributed by atoms with E-state index in [4.69, 9.17) is 23.2 Å². The highest BCUT2D eigenvalue weighted by Gasteiger charge is 2.15. The lowest BCUT2D eigenvalue weighted by Crippen LogP contribution is -2.01. The maximum absolute atomic E-state index is 13.6. The van der Waals surface area contributed by atoms with Gasteiger partial charge in [-0.3, -0.25) is 4.57 Å². The minimum absolute atomic E-state index is 0.0747. The van der Waals surface area contributed by atoms with Crippen LogP contribution in [0.5, 0.6) is 0 Å². The molecule has 0 aliphatic heterocycles. The fraction of sp³-hybridized carbons (Fsp3) is 0.0714. The number of fused-ring (bicyclic) bond motifs is 1. The first-order valence-electron chi connectivity index (χ1n) is 5.79. The van der Waals surface area contributed by atoms with Crippen LogP contribution in [0, 0.1) is 9.39 Å². The Labute approximate surface area is 138 Å². The van der Waals surface area contributed by atoms with Gasteiger partial charge in [0.25, 0.3) is 0 Å². The van der Waals surface area contributed by atoms with Gasteiger partial charge < -0.3 is 0 Å². The molecule has 0 N–H and O–H groups in total. The van der Waals surface area contributed by atoms with E-state index in [1.165, 1.54) is 6.07 Å². The van der Waals surface area contributed by atoms with Crippen LogP contribution in [-0.2, 0) is 5.88 Å². The standard InChI is InChI=1S/C14H8Cl2FIN2/c15-7-14-19-11-6-9(17)8(16)5-13(11)20(14)12-4-2-1-3-10(12)18/h1-6H,7H2. The lowest BCUT2D eigenvalue weighted by molar-refractivity contribution is 0.630. The number of aromatic nitrogens is 2. The van der Waals surface area contributed by atoms with Crippen molar-refractivity contribution in [1.29, 1.82) is 0 Å². The van der Waals surface area contributed by atoms with Crippen LogP contribution in [0.2, 0.25) is 5.02 Å². The molecular formula is C14H8Cl2FIN2. The summed E-state index contributed by atoms with van der Waals surface area (Å²) in [5.74, 6) is 0.416. The molecule has 0 atom stereocenters. The van der Waals surface area contributed by atoms with Gasteiger partial charge in [-0.1, -0.05) is 23.7 Å². The quantitative estimate of drug-likeness (QED) is 0.413. The second kappa shape index (κ2) is 5.50. The Morgan fingerprint density at radius 1 is 1.25 bits per heavy atom. The van der Waals surface area contributed by atoms with Crippen LogP contribution >= 0.6 is 45.8 Å². The Hall–Kier alpha value is -0.850. The SMILES string of the molecule is Fc1cc2nc(CCl)n(-c3ccccc3I)c2cc1Cl. The fourth-order valence-electron chi connectivity index (χ4n) is 2.11. The van der Waals surface area contributed by atoms with Gasteiger partial charge >= 0.3 is 0 Å². The second-order valence-electron chi connectivity index (χ2n) is 4.20. The summed E-state index contributed by atoms with van der Waals surface area (Å²) in [5, 5.41) is 0.0747. The van der Waals surface area contributed by atoms with E-state index in [0.29, 0.717) is 11.3 Å². The summed E-state index contributed by atoms with van der Waals surface area (Å²) >= 11 is 14.1. The second-order valence-corrected chi connectivity index (χ2v) is 6.04. The van der Waals surface area contributed by atoms with Gasteiger partial charge in [-0.2, -0.15) is 0 Å². The lowest BCUT2D eigenvalue weighted by atomic mass is 10.2. The molecule has 2 aromatic carbocycles. The molecule has 0 bridgehead atoms. The third-order valence-electron chi connectivity index (χ3n) is 2.98. The number of halogens is 4. The molecule has 0 unspecified atom stereocenters. The normalized spacial score (nSPS) is 11.2. The molecule has 2 nitrogen and oxygen atoms in total. The molecule has 0 aliphatic carbocycles. The van der Waals surface area contributed by atoms with Crippen LogP contribution in [0.25, 0.3) is 16.7 Å². The average molecular weight is 421 g/mol. The highest BCUT2D eigenvalue weighted by molar-refractivity contribution is 14.1. The maximum atomic E-state index is 13.6. The lowest BCUT2D eigenvalue weighted by Gasteiger charge is -2.10. The largest absolute Gasteiger partial charge is 0.294 e. The molecule has 3 rings (SSSR count). The fourth-order valence-corrected chi connectivity index (χ4v) is 3.08. The summed E-state index contributed by atoms with van der Waals surface area (Å²) in [6.45, 7) is 0. The van der Waals surface area contributed by atoms with E-state index in [1.807, 2.05) is 28.8 Å². The number of hydrogen-bond donors (Lipinski definition) is 0. The molecule has 0 aliphatic rings. The molecule has 0 saturated heterocycles. The Morgan fingerprint density at radius 2 is 2.00 bits per heavy atom. The number of rotatable bonds is 2. The zero-order valence-electron chi connectivity index (χ0n) is 10.1. The molecule has 20 heavy (non-hydrogen) atoms. The minimum atomic E-state index is -0.479. The van der Waals surface area contributed by atoms with E-state index in [1.54, 1.807) is 6.07 Å². The smallest absolute Gasteiger partial charge is 0.144 e. The summed E-state index contributed by atoms with van der Waals surface area (Å²) in [5.41, 5.74) is 2.24. The molecule has 1 heterocycles. The maximum Gasteiger partial charge on any atom is 0.144 e. The predicted octanol–water partition coefficient (Wildman–Crippen LogP) is 5.16. The molecule has 0 radical (unpaired) electrons. The Morgan fingerprint density at radius 3 is 2.70 bits per heavy atom. The third-order valence-corrected chi connectivity index (χ3v) is 4.42. The van der Waals surface area contributed by atoms with Crippen molar-refractivity contribution in [3.8, 4) is 5.69 Å². The van der Waals surface area contributed by atoms with Crippen LogP contribution in [0.15, 0.2) is 36.4 Å². The summed E-state index contributed by atoms with van der Waals surface area (Å²) < 4.78 is 16.5. The van der Waals surface area contributed by atoms with Gasteiger partial charge in [0.2, 0.25) is 0 Å². The number of alkyl halides is 1. The topological polar surface area (TPSA) is 17.8 Å². The van der Waals surface area contributed by atoms with Crippen molar-refractivity contribution >= 4 is 56.8 Å². The van der Waals surface area contributed by atoms with Crippen LogP contribution in [0.4, 0.5) is 4.39 Å². The van der Waals surface area contributed by atoms with Crippen molar-refractivity contribution in [1.82, 2.24) is 9.55 Å². The van der Waals surface area contributed by atoms with Crippen LogP contribution < -0.4 is 0 Å². The first-order valence-corrected chi connectivity index (χ1v) is 7.78. The Balaban J connectivity index is 2.39. The van der Waals surface area contributed by atoms with E-state index in [0.717, 1.165) is 14.8 Å². The van der Waals surface area contributed by atoms with Crippen LogP contribution in [0.3, 0.4) is 0 Å². The number of nitrogens with zero attached hydrogens (tertiary/aromatic N) is 2. The van der Waals surface area contributed by atoms with E-state index < -0.39 is 5.82 Å². The number of hydrogen-bond acceptors (Lipinski definition) is 1. The number of benzene rings is 2. The summed E-state index contributed by atoms with van der Waals surface area (Å²) in [6.07, 6.45) is 0. The summed E-state index contributed by atoms with van der Waals surface area (Å²) in [7, 11) is 0.